The van der Waals surface area contributed by atoms with Gasteiger partial charge < -0.3 is 19.7 Å². The van der Waals surface area contributed by atoms with Gasteiger partial charge in [0.15, 0.2) is 6.04 Å². The van der Waals surface area contributed by atoms with Gasteiger partial charge in [-0.15, -0.1) is 0 Å². The molecule has 9 heteroatoms. The highest BCUT2D eigenvalue weighted by molar-refractivity contribution is 5.88. The van der Waals surface area contributed by atoms with E-state index in [-0.39, 0.29) is 18.9 Å². The van der Waals surface area contributed by atoms with Crippen molar-refractivity contribution in [2.75, 3.05) is 19.7 Å². The summed E-state index contributed by atoms with van der Waals surface area (Å²) in [6.07, 6.45) is -0.606. The summed E-state index contributed by atoms with van der Waals surface area (Å²) < 4.78 is 10.2. The van der Waals surface area contributed by atoms with Gasteiger partial charge >= 0.3 is 18.1 Å². The molecule has 0 radical (unpaired) electrons. The van der Waals surface area contributed by atoms with Crippen molar-refractivity contribution in [1.82, 2.24) is 15.3 Å². The number of benzene rings is 1. The van der Waals surface area contributed by atoms with Gasteiger partial charge in [0.1, 0.15) is 11.8 Å². The van der Waals surface area contributed by atoms with Crippen LogP contribution in [0.4, 0.5) is 9.59 Å². The van der Waals surface area contributed by atoms with Gasteiger partial charge in [0.05, 0.1) is 13.2 Å². The second-order valence-electron chi connectivity index (χ2n) is 5.66. The smallest absolute Gasteiger partial charge is 0.412 e. The molecular weight excluding hydrogens is 330 g/mol. The minimum atomic E-state index is -0.936. The van der Waals surface area contributed by atoms with Crippen molar-refractivity contribution in [3.63, 3.8) is 0 Å². The zero-order valence-corrected chi connectivity index (χ0v) is 13.9. The number of nitrogens with one attached hydrogen (secondary N) is 1. The van der Waals surface area contributed by atoms with Gasteiger partial charge in [-0.25, -0.2) is 14.4 Å². The molecule has 0 aliphatic carbocycles. The Morgan fingerprint density at radius 1 is 1.32 bits per heavy atom. The Morgan fingerprint density at radius 2 is 2.08 bits per heavy atom. The van der Waals surface area contributed by atoms with E-state index in [0.717, 1.165) is 0 Å². The fourth-order valence-electron chi connectivity index (χ4n) is 3.14. The summed E-state index contributed by atoms with van der Waals surface area (Å²) in [7, 11) is 0. The molecule has 1 saturated heterocycles. The van der Waals surface area contributed by atoms with Gasteiger partial charge in [-0.1, -0.05) is 6.07 Å². The molecule has 9 nitrogen and oxygen atoms in total. The van der Waals surface area contributed by atoms with Crippen molar-refractivity contribution in [3.05, 3.63) is 29.3 Å². The third-order valence-corrected chi connectivity index (χ3v) is 4.17. The number of hydrogen-bond donors (Lipinski definition) is 2. The summed E-state index contributed by atoms with van der Waals surface area (Å²) >= 11 is 0. The maximum atomic E-state index is 12.3. The monoisotopic (exact) mass is 349 g/mol. The molecule has 1 aromatic rings. The second kappa shape index (κ2) is 6.60. The minimum Gasteiger partial charge on any atom is -0.464 e. The van der Waals surface area contributed by atoms with E-state index < -0.39 is 30.2 Å². The Hall–Kier alpha value is -2.81. The van der Waals surface area contributed by atoms with Crippen LogP contribution in [0.15, 0.2) is 18.2 Å². The van der Waals surface area contributed by atoms with Crippen molar-refractivity contribution < 1.29 is 29.1 Å². The Labute approximate surface area is 144 Å². The molecule has 25 heavy (non-hydrogen) atoms. The fraction of sp³-hybridized carbons (Fsp3) is 0.438. The molecule has 2 bridgehead atoms. The SMILES string of the molecule is CCNC(=O)Oc1ccc2c(c1)[C@H]1CN(C(=O)N1O)C2C(=O)OCC. The number of fused-ring (bicyclic) bond motifs is 4. The highest BCUT2D eigenvalue weighted by Crippen LogP contribution is 2.44. The van der Waals surface area contributed by atoms with E-state index in [1.54, 1.807) is 32.0 Å². The predicted molar refractivity (Wildman–Crippen MR) is 84.0 cm³/mol. The molecule has 2 aliphatic rings. The molecule has 0 spiro atoms. The molecular formula is C16H19N3O6. The molecule has 134 valence electrons. The zero-order chi connectivity index (χ0) is 18.1. The molecule has 3 rings (SSSR count). The van der Waals surface area contributed by atoms with Crippen LogP contribution in [-0.2, 0) is 9.53 Å². The molecule has 1 unspecified atom stereocenters. The van der Waals surface area contributed by atoms with Crippen LogP contribution in [0.2, 0.25) is 0 Å². The lowest BCUT2D eigenvalue weighted by atomic mass is 9.91. The average Bonchev–Trinajstić information content (AvgIpc) is 2.82. The maximum Gasteiger partial charge on any atom is 0.412 e. The van der Waals surface area contributed by atoms with E-state index in [4.69, 9.17) is 9.47 Å². The lowest BCUT2D eigenvalue weighted by molar-refractivity contribution is -0.148. The largest absolute Gasteiger partial charge is 0.464 e. The minimum absolute atomic E-state index is 0.149. The number of urea groups is 1. The van der Waals surface area contributed by atoms with Gasteiger partial charge in [0.25, 0.3) is 0 Å². The molecule has 2 atom stereocenters. The summed E-state index contributed by atoms with van der Waals surface area (Å²) in [5.41, 5.74) is 1.09. The summed E-state index contributed by atoms with van der Waals surface area (Å²) in [5, 5.41) is 13.2. The Balaban J connectivity index is 1.98. The number of hydrogen-bond acceptors (Lipinski definition) is 6. The summed E-state index contributed by atoms with van der Waals surface area (Å²) in [5.74, 6) is -0.309. The van der Waals surface area contributed by atoms with Crippen molar-refractivity contribution in [2.24, 2.45) is 0 Å². The Bertz CT molecular complexity index is 722. The summed E-state index contributed by atoms with van der Waals surface area (Å²) in [6, 6.07) is 2.47. The van der Waals surface area contributed by atoms with Gasteiger partial charge in [0, 0.05) is 6.54 Å². The number of esters is 1. The first-order valence-electron chi connectivity index (χ1n) is 8.02. The van der Waals surface area contributed by atoms with E-state index in [1.807, 2.05) is 0 Å². The molecule has 2 N–H and O–H groups in total. The van der Waals surface area contributed by atoms with Crippen molar-refractivity contribution in [1.29, 1.82) is 0 Å². The standard InChI is InChI=1S/C16H19N3O6/c1-3-17-15(21)25-9-5-6-10-11(7-9)12-8-18(16(22)19(12)23)13(10)14(20)24-4-2/h5-7,12-13,23H,3-4,8H2,1-2H3,(H,17,21)/t12-,13?/m1/s1. The summed E-state index contributed by atoms with van der Waals surface area (Å²) in [4.78, 5) is 37.4. The van der Waals surface area contributed by atoms with Crippen LogP contribution in [-0.4, -0.2) is 53.0 Å². The van der Waals surface area contributed by atoms with Crippen molar-refractivity contribution in [2.45, 2.75) is 25.9 Å². The highest BCUT2D eigenvalue weighted by Gasteiger charge is 2.50. The first-order chi connectivity index (χ1) is 12.0. The van der Waals surface area contributed by atoms with Gasteiger partial charge in [0.2, 0.25) is 0 Å². The van der Waals surface area contributed by atoms with Crippen LogP contribution in [0, 0.1) is 0 Å². The molecule has 1 aromatic carbocycles. The molecule has 1 fully saturated rings. The number of ether oxygens (including phenoxy) is 2. The van der Waals surface area contributed by atoms with Crippen LogP contribution >= 0.6 is 0 Å². The third kappa shape index (κ3) is 2.86. The third-order valence-electron chi connectivity index (χ3n) is 4.17. The van der Waals surface area contributed by atoms with Crippen LogP contribution in [0.1, 0.15) is 37.1 Å². The molecule has 2 heterocycles. The maximum absolute atomic E-state index is 12.3. The normalized spacial score (nSPS) is 21.0. The van der Waals surface area contributed by atoms with Crippen LogP contribution in [0.25, 0.3) is 0 Å². The van der Waals surface area contributed by atoms with Crippen LogP contribution in [0.5, 0.6) is 5.75 Å². The van der Waals surface area contributed by atoms with E-state index in [2.05, 4.69) is 5.32 Å². The zero-order valence-electron chi connectivity index (χ0n) is 13.9. The number of carbonyl (C=O) groups excluding carboxylic acids is 3. The highest BCUT2D eigenvalue weighted by atomic mass is 16.6. The Kier molecular flexibility index (Phi) is 4.49. The Morgan fingerprint density at radius 3 is 2.76 bits per heavy atom. The second-order valence-corrected chi connectivity index (χ2v) is 5.66. The van der Waals surface area contributed by atoms with Crippen molar-refractivity contribution >= 4 is 18.1 Å². The number of nitrogens with zero attached hydrogens (tertiary/aromatic N) is 2. The molecule has 3 amide bonds. The number of amides is 3. The predicted octanol–water partition coefficient (Wildman–Crippen LogP) is 1.58. The van der Waals surface area contributed by atoms with Crippen molar-refractivity contribution in [3.8, 4) is 5.75 Å². The summed E-state index contributed by atoms with van der Waals surface area (Å²) in [6.45, 7) is 4.19. The van der Waals surface area contributed by atoms with Gasteiger partial charge in [-0.3, -0.25) is 5.21 Å². The van der Waals surface area contributed by atoms with Gasteiger partial charge in [-0.05, 0) is 37.1 Å². The van der Waals surface area contributed by atoms with E-state index in [1.165, 1.54) is 4.90 Å². The lowest BCUT2D eigenvalue weighted by Crippen LogP contribution is -2.39. The van der Waals surface area contributed by atoms with E-state index in [0.29, 0.717) is 22.7 Å². The van der Waals surface area contributed by atoms with Gasteiger partial charge in [-0.2, -0.15) is 5.06 Å². The molecule has 0 aromatic heterocycles. The van der Waals surface area contributed by atoms with Crippen LogP contribution in [0.3, 0.4) is 0 Å². The average molecular weight is 349 g/mol. The number of carbonyl (C=O) groups is 3. The fourth-order valence-corrected chi connectivity index (χ4v) is 3.14. The quantitative estimate of drug-likeness (QED) is 0.631. The van der Waals surface area contributed by atoms with E-state index >= 15 is 0 Å². The topological polar surface area (TPSA) is 108 Å². The lowest BCUT2D eigenvalue weighted by Gasteiger charge is -2.31. The molecule has 2 aliphatic heterocycles. The first-order valence-corrected chi connectivity index (χ1v) is 8.02. The molecule has 0 saturated carbocycles. The van der Waals surface area contributed by atoms with E-state index in [9.17, 15) is 19.6 Å². The van der Waals surface area contributed by atoms with Crippen LogP contribution < -0.4 is 10.1 Å². The number of hydroxylamine groups is 2. The number of rotatable bonds is 4. The first kappa shape index (κ1) is 17.0.